The largest absolute Gasteiger partial charge is 0.454 e. The van der Waals surface area contributed by atoms with E-state index in [1.807, 2.05) is 6.07 Å². The Bertz CT molecular complexity index is 951. The summed E-state index contributed by atoms with van der Waals surface area (Å²) in [4.78, 5) is 27.5. The van der Waals surface area contributed by atoms with Crippen LogP contribution in [0.3, 0.4) is 0 Å². The van der Waals surface area contributed by atoms with Crippen LogP contribution in [-0.4, -0.2) is 54.0 Å². The molecule has 158 valence electrons. The van der Waals surface area contributed by atoms with Crippen molar-refractivity contribution in [1.82, 2.24) is 4.90 Å². The summed E-state index contributed by atoms with van der Waals surface area (Å²) in [7, 11) is 0. The molecular weight excluding hydrogens is 395 g/mol. The lowest BCUT2D eigenvalue weighted by atomic mass is 10.2. The number of amides is 3. The lowest BCUT2D eigenvalue weighted by Crippen LogP contribution is -2.40. The Morgan fingerprint density at radius 1 is 1.17 bits per heavy atom. The molecule has 2 unspecified atom stereocenters. The summed E-state index contributed by atoms with van der Waals surface area (Å²) in [5.41, 5.74) is 1.26. The molecule has 0 bridgehead atoms. The second-order valence-corrected chi connectivity index (χ2v) is 7.11. The zero-order chi connectivity index (χ0) is 21.3. The van der Waals surface area contributed by atoms with Gasteiger partial charge in [-0.3, -0.25) is 14.6 Å². The van der Waals surface area contributed by atoms with Gasteiger partial charge in [0.1, 0.15) is 11.9 Å². The Kier molecular flexibility index (Phi) is 5.56. The molecule has 0 saturated carbocycles. The molecule has 0 spiro atoms. The number of aliphatic hydroxyl groups excluding tert-OH is 1. The van der Waals surface area contributed by atoms with Gasteiger partial charge in [0.15, 0.2) is 11.5 Å². The average molecular weight is 416 g/mol. The number of hydrogen-bond donors (Lipinski definition) is 1. The quantitative estimate of drug-likeness (QED) is 0.697. The van der Waals surface area contributed by atoms with Crippen LogP contribution >= 0.6 is 0 Å². The number of urea groups is 1. The van der Waals surface area contributed by atoms with Crippen molar-refractivity contribution < 1.29 is 33.3 Å². The number of nitrogens with zero attached hydrogens (tertiary/aromatic N) is 2. The van der Waals surface area contributed by atoms with Gasteiger partial charge in [-0.1, -0.05) is 6.07 Å². The van der Waals surface area contributed by atoms with Gasteiger partial charge in [0.2, 0.25) is 6.79 Å². The van der Waals surface area contributed by atoms with Crippen LogP contribution in [0.5, 0.6) is 11.5 Å². The minimum Gasteiger partial charge on any atom is -0.454 e. The number of aliphatic hydroxyl groups is 1. The second kappa shape index (κ2) is 8.29. The number of ether oxygens (including phenoxy) is 3. The molecule has 1 fully saturated rings. The molecule has 2 aromatic rings. The summed E-state index contributed by atoms with van der Waals surface area (Å²) in [5.74, 6) is 0.444. The van der Waals surface area contributed by atoms with Crippen molar-refractivity contribution in [3.63, 3.8) is 0 Å². The molecule has 0 aromatic heterocycles. The molecule has 1 saturated heterocycles. The van der Waals surface area contributed by atoms with Crippen molar-refractivity contribution in [3.8, 4) is 11.5 Å². The molecule has 2 aliphatic heterocycles. The van der Waals surface area contributed by atoms with E-state index >= 15 is 0 Å². The normalized spacial score (nSPS) is 19.0. The van der Waals surface area contributed by atoms with Crippen LogP contribution in [-0.2, 0) is 16.1 Å². The summed E-state index contributed by atoms with van der Waals surface area (Å²) in [6, 6.07) is 9.42. The monoisotopic (exact) mass is 416 g/mol. The third kappa shape index (κ3) is 3.94. The number of hydrogen-bond acceptors (Lipinski definition) is 6. The first-order chi connectivity index (χ1) is 14.4. The fraction of sp³-hybridized carbons (Fsp3) is 0.333. The SMILES string of the molecule is CC1C(=O)N(CC(O)COCc2ccc3c(c2)OCO3)C(=O)N1c1ccc(F)cc1. The maximum absolute atomic E-state index is 13.2. The first-order valence-electron chi connectivity index (χ1n) is 9.48. The topological polar surface area (TPSA) is 88.5 Å². The number of halogens is 1. The number of β-amino-alcohol motifs (C(OH)–C–C–N with tert-alkyl or cyclic N) is 1. The third-order valence-electron chi connectivity index (χ3n) is 4.96. The van der Waals surface area contributed by atoms with E-state index in [2.05, 4.69) is 0 Å². The predicted octanol–water partition coefficient (Wildman–Crippen LogP) is 2.29. The van der Waals surface area contributed by atoms with Crippen molar-refractivity contribution in [2.24, 2.45) is 0 Å². The zero-order valence-electron chi connectivity index (χ0n) is 16.3. The number of benzene rings is 2. The Morgan fingerprint density at radius 3 is 2.67 bits per heavy atom. The Morgan fingerprint density at radius 2 is 1.90 bits per heavy atom. The van der Waals surface area contributed by atoms with Crippen LogP contribution in [0, 0.1) is 5.82 Å². The summed E-state index contributed by atoms with van der Waals surface area (Å²) in [6.07, 6.45) is -1.05. The summed E-state index contributed by atoms with van der Waals surface area (Å²) in [6.45, 7) is 1.75. The molecule has 30 heavy (non-hydrogen) atoms. The number of fused-ring (bicyclic) bond motifs is 1. The molecule has 2 aromatic carbocycles. The minimum atomic E-state index is -1.05. The smallest absolute Gasteiger partial charge is 0.332 e. The lowest BCUT2D eigenvalue weighted by molar-refractivity contribution is -0.128. The number of anilines is 1. The fourth-order valence-electron chi connectivity index (χ4n) is 3.44. The van der Waals surface area contributed by atoms with Crippen LogP contribution in [0.15, 0.2) is 42.5 Å². The lowest BCUT2D eigenvalue weighted by Gasteiger charge is -2.20. The van der Waals surface area contributed by atoms with Crippen LogP contribution in [0.4, 0.5) is 14.9 Å². The summed E-state index contributed by atoms with van der Waals surface area (Å²) in [5, 5.41) is 10.3. The van der Waals surface area contributed by atoms with Crippen molar-refractivity contribution in [1.29, 1.82) is 0 Å². The maximum atomic E-state index is 13.2. The molecular formula is C21H21FN2O6. The van der Waals surface area contributed by atoms with E-state index in [1.54, 1.807) is 19.1 Å². The third-order valence-corrected chi connectivity index (χ3v) is 4.96. The van der Waals surface area contributed by atoms with Crippen LogP contribution in [0.25, 0.3) is 0 Å². The van der Waals surface area contributed by atoms with Gasteiger partial charge in [-0.05, 0) is 48.9 Å². The van der Waals surface area contributed by atoms with Gasteiger partial charge in [0.05, 0.1) is 25.9 Å². The molecule has 4 rings (SSSR count). The molecule has 1 N–H and O–H groups in total. The number of imide groups is 1. The maximum Gasteiger partial charge on any atom is 0.332 e. The highest BCUT2D eigenvalue weighted by Crippen LogP contribution is 2.32. The molecule has 0 aliphatic carbocycles. The van der Waals surface area contributed by atoms with Gasteiger partial charge in [-0.15, -0.1) is 0 Å². The van der Waals surface area contributed by atoms with E-state index in [4.69, 9.17) is 14.2 Å². The van der Waals surface area contributed by atoms with Crippen LogP contribution < -0.4 is 14.4 Å². The number of rotatable bonds is 7. The minimum absolute atomic E-state index is 0.0591. The highest BCUT2D eigenvalue weighted by Gasteiger charge is 2.43. The fourth-order valence-corrected chi connectivity index (χ4v) is 3.44. The molecule has 2 heterocycles. The molecule has 2 aliphatic rings. The van der Waals surface area contributed by atoms with Crippen LogP contribution in [0.1, 0.15) is 12.5 Å². The molecule has 3 amide bonds. The first-order valence-corrected chi connectivity index (χ1v) is 9.48. The van der Waals surface area contributed by atoms with E-state index in [-0.39, 0.29) is 26.6 Å². The van der Waals surface area contributed by atoms with E-state index in [0.717, 1.165) is 10.5 Å². The summed E-state index contributed by atoms with van der Waals surface area (Å²) < 4.78 is 29.2. The molecule has 9 heteroatoms. The van der Waals surface area contributed by atoms with Crippen molar-refractivity contribution in [2.45, 2.75) is 25.7 Å². The van der Waals surface area contributed by atoms with E-state index in [1.165, 1.54) is 29.2 Å². The van der Waals surface area contributed by atoms with Crippen molar-refractivity contribution >= 4 is 17.6 Å². The van der Waals surface area contributed by atoms with Gasteiger partial charge < -0.3 is 19.3 Å². The van der Waals surface area contributed by atoms with Gasteiger partial charge >= 0.3 is 6.03 Å². The summed E-state index contributed by atoms with van der Waals surface area (Å²) >= 11 is 0. The number of carbonyl (C=O) groups is 2. The second-order valence-electron chi connectivity index (χ2n) is 7.11. The van der Waals surface area contributed by atoms with Gasteiger partial charge in [0.25, 0.3) is 5.91 Å². The zero-order valence-corrected chi connectivity index (χ0v) is 16.3. The van der Waals surface area contributed by atoms with Crippen LogP contribution in [0.2, 0.25) is 0 Å². The molecule has 8 nitrogen and oxygen atoms in total. The van der Waals surface area contributed by atoms with Crippen molar-refractivity contribution in [3.05, 3.63) is 53.8 Å². The molecule has 0 radical (unpaired) electrons. The van der Waals surface area contributed by atoms with E-state index in [9.17, 15) is 19.1 Å². The molecule has 2 atom stereocenters. The highest BCUT2D eigenvalue weighted by molar-refractivity contribution is 6.14. The standard InChI is InChI=1S/C21H21FN2O6/c1-13-20(26)23(21(27)24(13)16-5-3-15(22)4-6-16)9-17(25)11-28-10-14-2-7-18-19(8-14)30-12-29-18/h2-8,13,17,25H,9-12H2,1H3. The Hall–Kier alpha value is -3.17. The Balaban J connectivity index is 1.32. The number of carbonyl (C=O) groups excluding carboxylic acids is 2. The first kappa shape index (κ1) is 20.1. The van der Waals surface area contributed by atoms with Gasteiger partial charge in [0, 0.05) is 5.69 Å². The van der Waals surface area contributed by atoms with E-state index in [0.29, 0.717) is 17.2 Å². The van der Waals surface area contributed by atoms with Crippen molar-refractivity contribution in [2.75, 3.05) is 24.8 Å². The predicted molar refractivity (Wildman–Crippen MR) is 104 cm³/mol. The highest BCUT2D eigenvalue weighted by atomic mass is 19.1. The average Bonchev–Trinajstić information content (AvgIpc) is 3.27. The Labute approximate surface area is 172 Å². The van der Waals surface area contributed by atoms with Gasteiger partial charge in [-0.2, -0.15) is 0 Å². The van der Waals surface area contributed by atoms with Gasteiger partial charge in [-0.25, -0.2) is 9.18 Å². The van der Waals surface area contributed by atoms with E-state index < -0.39 is 29.9 Å².